The van der Waals surface area contributed by atoms with Crippen LogP contribution in [-0.4, -0.2) is 25.3 Å². The van der Waals surface area contributed by atoms with Crippen LogP contribution in [0.2, 0.25) is 5.02 Å². The summed E-state index contributed by atoms with van der Waals surface area (Å²) >= 11 is 6.43. The first-order valence-corrected chi connectivity index (χ1v) is 8.48. The van der Waals surface area contributed by atoms with Gasteiger partial charge in [-0.3, -0.25) is 5.10 Å². The standard InChI is InChI=1S/C18H16ClN5O2/c19-13-6-15-14(7-16(13)26-10-12-4-2-1-3-5-12)22-18(9-25)24(15)8-17-20-11-21-23-17/h1-7,11,25H,8-10H2,(H,20,21,23)/p+1. The maximum absolute atomic E-state index is 9.68. The number of ether oxygens (including phenoxy) is 1. The van der Waals surface area contributed by atoms with Crippen LogP contribution >= 0.6 is 11.6 Å². The molecule has 0 aliphatic heterocycles. The minimum atomic E-state index is -0.138. The second kappa shape index (κ2) is 7.15. The van der Waals surface area contributed by atoms with Gasteiger partial charge in [0.25, 0.3) is 5.82 Å². The highest BCUT2D eigenvalue weighted by molar-refractivity contribution is 6.32. The molecule has 0 fully saturated rings. The Bertz CT molecular complexity index is 1020. The number of rotatable bonds is 6. The zero-order valence-electron chi connectivity index (χ0n) is 13.8. The van der Waals surface area contributed by atoms with Gasteiger partial charge in [-0.2, -0.15) is 5.10 Å². The number of fused-ring (bicyclic) bond motifs is 1. The smallest absolute Gasteiger partial charge is 0.281 e. The van der Waals surface area contributed by atoms with Crippen molar-refractivity contribution in [2.45, 2.75) is 19.8 Å². The topological polar surface area (TPSA) is 90.7 Å². The van der Waals surface area contributed by atoms with Crippen LogP contribution in [0.25, 0.3) is 11.0 Å². The van der Waals surface area contributed by atoms with E-state index >= 15 is 0 Å². The second-order valence-electron chi connectivity index (χ2n) is 5.82. The van der Waals surface area contributed by atoms with E-state index in [1.165, 1.54) is 6.33 Å². The number of aromatic nitrogens is 5. The molecule has 0 amide bonds. The molecule has 0 aliphatic rings. The van der Waals surface area contributed by atoms with Crippen molar-refractivity contribution in [1.29, 1.82) is 0 Å². The molecular formula is C18H17ClN5O2+. The van der Waals surface area contributed by atoms with Gasteiger partial charge >= 0.3 is 0 Å². The fourth-order valence-electron chi connectivity index (χ4n) is 2.84. The van der Waals surface area contributed by atoms with E-state index in [2.05, 4.69) is 20.2 Å². The lowest BCUT2D eigenvalue weighted by Crippen LogP contribution is -2.38. The highest BCUT2D eigenvalue weighted by Gasteiger charge is 2.21. The van der Waals surface area contributed by atoms with Gasteiger partial charge in [0.05, 0.1) is 5.02 Å². The monoisotopic (exact) mass is 370 g/mol. The van der Waals surface area contributed by atoms with E-state index < -0.39 is 0 Å². The molecule has 0 saturated heterocycles. The summed E-state index contributed by atoms with van der Waals surface area (Å²) in [5.74, 6) is 1.92. The van der Waals surface area contributed by atoms with Crippen molar-refractivity contribution in [3.8, 4) is 5.75 Å². The Labute approximate surface area is 154 Å². The summed E-state index contributed by atoms with van der Waals surface area (Å²) in [5.41, 5.74) is 2.73. The average molecular weight is 371 g/mol. The number of halogens is 1. The molecule has 0 spiro atoms. The van der Waals surface area contributed by atoms with E-state index in [-0.39, 0.29) is 6.61 Å². The van der Waals surface area contributed by atoms with Crippen molar-refractivity contribution in [2.75, 3.05) is 0 Å². The molecule has 8 heteroatoms. The first-order valence-electron chi connectivity index (χ1n) is 8.10. The molecule has 26 heavy (non-hydrogen) atoms. The molecule has 0 aliphatic carbocycles. The van der Waals surface area contributed by atoms with E-state index in [0.29, 0.717) is 35.6 Å². The lowest BCUT2D eigenvalue weighted by molar-refractivity contribution is -0.673. The largest absolute Gasteiger partial charge is 0.487 e. The van der Waals surface area contributed by atoms with Crippen molar-refractivity contribution in [1.82, 2.24) is 20.2 Å². The Balaban J connectivity index is 1.66. The van der Waals surface area contributed by atoms with Gasteiger partial charge in [0, 0.05) is 12.1 Å². The van der Waals surface area contributed by atoms with Crippen molar-refractivity contribution in [3.05, 3.63) is 71.0 Å². The highest BCUT2D eigenvalue weighted by atomic mass is 35.5. The molecule has 132 valence electrons. The Morgan fingerprint density at radius 1 is 1.19 bits per heavy atom. The summed E-state index contributed by atoms with van der Waals surface area (Å²) in [6.07, 6.45) is 1.45. The first kappa shape index (κ1) is 16.6. The molecule has 0 unspecified atom stereocenters. The number of benzene rings is 2. The van der Waals surface area contributed by atoms with Crippen LogP contribution in [0.3, 0.4) is 0 Å². The normalized spacial score (nSPS) is 11.2. The van der Waals surface area contributed by atoms with Gasteiger partial charge in [0.1, 0.15) is 25.3 Å². The Kier molecular flexibility index (Phi) is 4.55. The van der Waals surface area contributed by atoms with Crippen molar-refractivity contribution >= 4 is 22.6 Å². The average Bonchev–Trinajstić information content (AvgIpc) is 3.29. The van der Waals surface area contributed by atoms with E-state index in [1.54, 1.807) is 0 Å². The lowest BCUT2D eigenvalue weighted by atomic mass is 10.2. The fourth-order valence-corrected chi connectivity index (χ4v) is 3.06. The van der Waals surface area contributed by atoms with E-state index in [1.807, 2.05) is 47.0 Å². The molecule has 0 radical (unpaired) electrons. The number of aliphatic hydroxyl groups excluding tert-OH is 1. The number of imidazole rings is 1. The summed E-state index contributed by atoms with van der Waals surface area (Å²) in [7, 11) is 0. The number of nitrogens with one attached hydrogen (secondary N) is 2. The van der Waals surface area contributed by atoms with Crippen LogP contribution in [0.4, 0.5) is 0 Å². The molecule has 0 bridgehead atoms. The predicted octanol–water partition coefficient (Wildman–Crippen LogP) is 2.35. The third-order valence-corrected chi connectivity index (χ3v) is 4.40. The zero-order valence-corrected chi connectivity index (χ0v) is 14.6. The Hall–Kier alpha value is -2.90. The van der Waals surface area contributed by atoms with Crippen LogP contribution < -0.4 is 9.30 Å². The van der Waals surface area contributed by atoms with Gasteiger partial charge in [-0.15, -0.1) is 0 Å². The van der Waals surface area contributed by atoms with Crippen LogP contribution in [0.5, 0.6) is 5.75 Å². The van der Waals surface area contributed by atoms with Crippen molar-refractivity contribution in [2.24, 2.45) is 0 Å². The van der Waals surface area contributed by atoms with Gasteiger partial charge in [0.15, 0.2) is 23.4 Å². The molecule has 4 aromatic rings. The van der Waals surface area contributed by atoms with E-state index in [0.717, 1.165) is 16.6 Å². The number of nitrogens with zero attached hydrogens (tertiary/aromatic N) is 3. The molecule has 3 N–H and O–H groups in total. The van der Waals surface area contributed by atoms with Gasteiger partial charge in [-0.05, 0) is 5.56 Å². The van der Waals surface area contributed by atoms with Gasteiger partial charge < -0.3 is 9.84 Å². The second-order valence-corrected chi connectivity index (χ2v) is 6.23. The first-order chi connectivity index (χ1) is 12.7. The lowest BCUT2D eigenvalue weighted by Gasteiger charge is -2.07. The summed E-state index contributed by atoms with van der Waals surface area (Å²) in [6, 6.07) is 13.6. The van der Waals surface area contributed by atoms with Crippen LogP contribution in [-0.2, 0) is 19.8 Å². The number of aliphatic hydroxyl groups is 1. The molecule has 0 atom stereocenters. The quantitative estimate of drug-likeness (QED) is 0.454. The molecule has 7 nitrogen and oxygen atoms in total. The molecular weight excluding hydrogens is 354 g/mol. The van der Waals surface area contributed by atoms with Gasteiger partial charge in [-0.25, -0.2) is 14.5 Å². The molecule has 2 heterocycles. The third-order valence-electron chi connectivity index (χ3n) is 4.11. The zero-order chi connectivity index (χ0) is 17.9. The highest BCUT2D eigenvalue weighted by Crippen LogP contribution is 2.29. The SMILES string of the molecule is OCc1[nH]c2cc(OCc3ccccc3)c(Cl)cc2[n+]1Cc1ncn[nH]1. The maximum Gasteiger partial charge on any atom is 0.281 e. The summed E-state index contributed by atoms with van der Waals surface area (Å²) in [5, 5.41) is 16.9. The van der Waals surface area contributed by atoms with Crippen LogP contribution in [0.15, 0.2) is 48.8 Å². The molecule has 4 rings (SSSR count). The van der Waals surface area contributed by atoms with Crippen LogP contribution in [0, 0.1) is 0 Å². The minimum absolute atomic E-state index is 0.138. The van der Waals surface area contributed by atoms with Crippen molar-refractivity contribution in [3.63, 3.8) is 0 Å². The molecule has 2 aromatic heterocycles. The number of hydrogen-bond donors (Lipinski definition) is 3. The predicted molar refractivity (Wildman–Crippen MR) is 95.7 cm³/mol. The Morgan fingerprint density at radius 3 is 2.77 bits per heavy atom. The maximum atomic E-state index is 9.68. The third kappa shape index (κ3) is 3.26. The fraction of sp³-hybridized carbons (Fsp3) is 0.167. The minimum Gasteiger partial charge on any atom is -0.487 e. The van der Waals surface area contributed by atoms with Gasteiger partial charge in [-0.1, -0.05) is 41.9 Å². The van der Waals surface area contributed by atoms with E-state index in [9.17, 15) is 5.11 Å². The summed E-state index contributed by atoms with van der Waals surface area (Å²) in [4.78, 5) is 7.34. The molecule has 0 saturated carbocycles. The van der Waals surface area contributed by atoms with Gasteiger partial charge in [0.2, 0.25) is 0 Å². The summed E-state index contributed by atoms with van der Waals surface area (Å²) in [6.45, 7) is 0.731. The van der Waals surface area contributed by atoms with E-state index in [4.69, 9.17) is 16.3 Å². The Morgan fingerprint density at radius 2 is 2.04 bits per heavy atom. The number of hydrogen-bond acceptors (Lipinski definition) is 4. The van der Waals surface area contributed by atoms with Crippen molar-refractivity contribution < 1.29 is 14.4 Å². The summed E-state index contributed by atoms with van der Waals surface area (Å²) < 4.78 is 7.77. The number of aromatic amines is 2. The molecule has 2 aromatic carbocycles. The number of H-pyrrole nitrogens is 2. The van der Waals surface area contributed by atoms with Crippen LogP contribution in [0.1, 0.15) is 17.2 Å².